The van der Waals surface area contributed by atoms with Crippen molar-refractivity contribution in [3.63, 3.8) is 0 Å². The first kappa shape index (κ1) is 32.4. The number of hydrogen-bond donors (Lipinski definition) is 2. The summed E-state index contributed by atoms with van der Waals surface area (Å²) in [4.78, 5) is 41.9. The van der Waals surface area contributed by atoms with Gasteiger partial charge in [0.1, 0.15) is 0 Å². The average molecular weight is 641 g/mol. The Morgan fingerprint density at radius 2 is 1.25 bits per heavy atom. The van der Waals surface area contributed by atoms with Gasteiger partial charge >= 0.3 is 11.9 Å². The van der Waals surface area contributed by atoms with Gasteiger partial charge in [0.15, 0.2) is 0 Å². The number of allylic oxidation sites excluding steroid dienone is 4. The molecular weight excluding hydrogens is 600 g/mol. The smallest absolute Gasteiger partial charge is 0.305 e. The van der Waals surface area contributed by atoms with Crippen molar-refractivity contribution in [2.24, 2.45) is 0 Å². The van der Waals surface area contributed by atoms with E-state index in [9.17, 15) is 9.59 Å². The van der Waals surface area contributed by atoms with Crippen LogP contribution in [0.5, 0.6) is 0 Å². The van der Waals surface area contributed by atoms with E-state index >= 15 is 0 Å². The predicted octanol–water partition coefficient (Wildman–Crippen LogP) is 8.87. The standard InChI is InChI=1S/C40H40N4O4/c1-23-18-28-19-33-24(2)29(13-12-27-10-8-7-9-11-27)36(42-33)21-35-26(4)31(15-17-40(46)48-6)38(44-35)22-37-30(14-16-39(45)47-5)25(3)34(43-37)20-32(23)41-28/h7-13,18-22,41-42H,14-17H2,1-6H3/b13-12+,28-19?,32-20?,33-19?,34-20?,35-21?,36-21?,37-22?,38-22?. The second-order valence-electron chi connectivity index (χ2n) is 12.3. The molecule has 0 radical (unpaired) electrons. The van der Waals surface area contributed by atoms with E-state index in [1.165, 1.54) is 14.2 Å². The second-order valence-corrected chi connectivity index (χ2v) is 12.3. The van der Waals surface area contributed by atoms with E-state index in [1.54, 1.807) is 0 Å². The maximum Gasteiger partial charge on any atom is 0.305 e. The minimum absolute atomic E-state index is 0.227. The molecule has 8 heteroatoms. The molecule has 0 fully saturated rings. The number of esters is 2. The van der Waals surface area contributed by atoms with Gasteiger partial charge in [-0.2, -0.15) is 0 Å². The van der Waals surface area contributed by atoms with Crippen LogP contribution in [0, 0.1) is 13.8 Å². The van der Waals surface area contributed by atoms with Gasteiger partial charge in [0, 0.05) is 40.5 Å². The predicted molar refractivity (Wildman–Crippen MR) is 193 cm³/mol. The van der Waals surface area contributed by atoms with E-state index in [0.29, 0.717) is 12.8 Å². The number of aromatic amines is 2. The highest BCUT2D eigenvalue weighted by Gasteiger charge is 2.23. The van der Waals surface area contributed by atoms with Crippen LogP contribution in [0.25, 0.3) is 56.5 Å². The maximum absolute atomic E-state index is 12.3. The number of ether oxygens (including phenoxy) is 2. The third-order valence-electron chi connectivity index (χ3n) is 9.21. The molecule has 8 bridgehead atoms. The fraction of sp³-hybridized carbons (Fsp3) is 0.250. The molecule has 48 heavy (non-hydrogen) atoms. The number of aromatic nitrogens is 4. The normalized spacial score (nSPS) is 13.0. The van der Waals surface area contributed by atoms with Gasteiger partial charge in [0.05, 0.1) is 37.0 Å². The lowest BCUT2D eigenvalue weighted by Crippen LogP contribution is -2.01. The van der Waals surface area contributed by atoms with Gasteiger partial charge in [-0.05, 0) is 110 Å². The zero-order chi connectivity index (χ0) is 33.9. The molecule has 2 aliphatic heterocycles. The van der Waals surface area contributed by atoms with Crippen molar-refractivity contribution in [2.75, 3.05) is 14.2 Å². The van der Waals surface area contributed by atoms with Crippen molar-refractivity contribution in [2.45, 2.75) is 53.4 Å². The minimum Gasteiger partial charge on any atom is -0.469 e. The van der Waals surface area contributed by atoms with Gasteiger partial charge < -0.3 is 19.4 Å². The number of fused-ring (bicyclic) bond motifs is 8. The average Bonchev–Trinajstić information content (AvgIpc) is 3.76. The van der Waals surface area contributed by atoms with Gasteiger partial charge in [-0.15, -0.1) is 0 Å². The van der Waals surface area contributed by atoms with E-state index in [0.717, 1.165) is 89.4 Å². The van der Waals surface area contributed by atoms with Crippen LogP contribution in [-0.2, 0) is 19.1 Å². The number of methoxy groups -OCH3 is 2. The third-order valence-corrected chi connectivity index (χ3v) is 9.21. The first-order chi connectivity index (χ1) is 23.1. The monoisotopic (exact) mass is 640 g/mol. The van der Waals surface area contributed by atoms with Gasteiger partial charge in [-0.1, -0.05) is 42.5 Å². The van der Waals surface area contributed by atoms with Crippen LogP contribution in [0.4, 0.5) is 0 Å². The molecule has 6 rings (SSSR count). The Morgan fingerprint density at radius 1 is 0.667 bits per heavy atom. The topological polar surface area (TPSA) is 110 Å². The number of benzene rings is 1. The van der Waals surface area contributed by atoms with Gasteiger partial charge in [0.2, 0.25) is 0 Å². The summed E-state index contributed by atoms with van der Waals surface area (Å²) in [5.74, 6) is -0.557. The zero-order valence-corrected chi connectivity index (χ0v) is 28.3. The fourth-order valence-electron chi connectivity index (χ4n) is 6.32. The lowest BCUT2D eigenvalue weighted by atomic mass is 9.98. The lowest BCUT2D eigenvalue weighted by Gasteiger charge is -2.06. The number of aryl methyl sites for hydroxylation is 2. The number of hydrogen-bond acceptors (Lipinski definition) is 6. The van der Waals surface area contributed by atoms with Crippen molar-refractivity contribution in [1.29, 1.82) is 0 Å². The highest BCUT2D eigenvalue weighted by atomic mass is 16.5. The van der Waals surface area contributed by atoms with E-state index in [-0.39, 0.29) is 24.8 Å². The van der Waals surface area contributed by atoms with E-state index in [2.05, 4.69) is 72.4 Å². The van der Waals surface area contributed by atoms with Gasteiger partial charge in [0.25, 0.3) is 0 Å². The number of nitrogens with one attached hydrogen (secondary N) is 2. The Morgan fingerprint density at radius 3 is 1.83 bits per heavy atom. The van der Waals surface area contributed by atoms with Crippen molar-refractivity contribution in [3.8, 4) is 0 Å². The van der Waals surface area contributed by atoms with Gasteiger partial charge in [-0.3, -0.25) is 9.59 Å². The number of carbonyl (C=O) groups excluding carboxylic acids is 2. The van der Waals surface area contributed by atoms with Crippen LogP contribution in [0.3, 0.4) is 0 Å². The lowest BCUT2D eigenvalue weighted by molar-refractivity contribution is -0.141. The number of nitrogens with zero attached hydrogens (tertiary/aromatic N) is 2. The van der Waals surface area contributed by atoms with Crippen molar-refractivity contribution in [3.05, 3.63) is 106 Å². The summed E-state index contributed by atoms with van der Waals surface area (Å²) in [6, 6.07) is 20.6. The summed E-state index contributed by atoms with van der Waals surface area (Å²) in [5.41, 5.74) is 15.3. The molecule has 2 N–H and O–H groups in total. The van der Waals surface area contributed by atoms with E-state index in [4.69, 9.17) is 19.4 Å². The van der Waals surface area contributed by atoms with E-state index < -0.39 is 0 Å². The SMILES string of the molecule is COC(=O)CCC1=C(C)c2cc3[nH]c(cc3C)cc3[nH]c(cc4nc(cc1n2)C(CCC(=O)OC)=C4C)c(/C=C/c1ccccc1)c3C. The summed E-state index contributed by atoms with van der Waals surface area (Å²) in [6.07, 6.45) is 5.67. The number of carbonyl (C=O) groups is 2. The Labute approximate surface area is 280 Å². The number of H-pyrrole nitrogens is 2. The molecule has 2 aliphatic rings. The summed E-state index contributed by atoms with van der Waals surface area (Å²) in [6.45, 7) is 8.29. The van der Waals surface area contributed by atoms with Crippen molar-refractivity contribution < 1.29 is 19.1 Å². The van der Waals surface area contributed by atoms with Crippen LogP contribution >= 0.6 is 0 Å². The largest absolute Gasteiger partial charge is 0.469 e. The van der Waals surface area contributed by atoms with Crippen molar-refractivity contribution in [1.82, 2.24) is 19.9 Å². The highest BCUT2D eigenvalue weighted by Crippen LogP contribution is 2.38. The molecule has 5 heterocycles. The quantitative estimate of drug-likeness (QED) is 0.186. The molecule has 8 nitrogen and oxygen atoms in total. The molecule has 1 aromatic carbocycles. The summed E-state index contributed by atoms with van der Waals surface area (Å²) in [5, 5.41) is 0. The Balaban J connectivity index is 1.65. The van der Waals surface area contributed by atoms with E-state index in [1.807, 2.05) is 38.1 Å². The van der Waals surface area contributed by atoms with Crippen LogP contribution in [-0.4, -0.2) is 46.1 Å². The molecule has 0 spiro atoms. The first-order valence-corrected chi connectivity index (χ1v) is 16.1. The van der Waals surface area contributed by atoms with Crippen molar-refractivity contribution >= 4 is 68.4 Å². The molecular formula is C40H40N4O4. The third kappa shape index (κ3) is 6.65. The Kier molecular flexibility index (Phi) is 9.26. The molecule has 3 aromatic heterocycles. The van der Waals surface area contributed by atoms with Crippen LogP contribution in [0.2, 0.25) is 0 Å². The Hall–Kier alpha value is -5.50. The maximum atomic E-state index is 12.3. The first-order valence-electron chi connectivity index (χ1n) is 16.1. The Bertz CT molecular complexity index is 2180. The second kappa shape index (κ2) is 13.7. The summed E-state index contributed by atoms with van der Waals surface area (Å²) >= 11 is 0. The van der Waals surface area contributed by atoms with Crippen LogP contribution in [0.15, 0.2) is 60.7 Å². The molecule has 4 aromatic rings. The fourth-order valence-corrected chi connectivity index (χ4v) is 6.32. The minimum atomic E-state index is -0.280. The van der Waals surface area contributed by atoms with Crippen LogP contribution < -0.4 is 0 Å². The molecule has 0 atom stereocenters. The molecule has 0 unspecified atom stereocenters. The van der Waals surface area contributed by atoms with Gasteiger partial charge in [-0.25, -0.2) is 9.97 Å². The molecule has 0 saturated carbocycles. The zero-order valence-electron chi connectivity index (χ0n) is 28.3. The summed E-state index contributed by atoms with van der Waals surface area (Å²) in [7, 11) is 2.81. The summed E-state index contributed by atoms with van der Waals surface area (Å²) < 4.78 is 9.94. The molecule has 244 valence electrons. The molecule has 0 aliphatic carbocycles. The highest BCUT2D eigenvalue weighted by molar-refractivity contribution is 5.97. The molecule has 0 amide bonds. The van der Waals surface area contributed by atoms with Crippen LogP contribution in [0.1, 0.15) is 84.6 Å². The molecule has 0 saturated heterocycles. The number of rotatable bonds is 8.